The third kappa shape index (κ3) is 4.11. The number of thioether (sulfide) groups is 1. The summed E-state index contributed by atoms with van der Waals surface area (Å²) < 4.78 is 2.15. The highest BCUT2D eigenvalue weighted by Gasteiger charge is 2.30. The van der Waals surface area contributed by atoms with Gasteiger partial charge in [0.15, 0.2) is 5.16 Å². The van der Waals surface area contributed by atoms with Crippen LogP contribution in [0.3, 0.4) is 0 Å². The van der Waals surface area contributed by atoms with E-state index < -0.39 is 0 Å². The van der Waals surface area contributed by atoms with Crippen molar-refractivity contribution >= 4 is 23.4 Å². The molecule has 2 unspecified atom stereocenters. The molecule has 1 aliphatic carbocycles. The summed E-state index contributed by atoms with van der Waals surface area (Å²) in [6.45, 7) is 9.22. The first-order chi connectivity index (χ1) is 12.5. The number of rotatable bonds is 8. The lowest BCUT2D eigenvalue weighted by Gasteiger charge is -2.17. The molecule has 140 valence electrons. The lowest BCUT2D eigenvalue weighted by Crippen LogP contribution is -2.23. The molecule has 1 N–H and O–H groups in total. The van der Waals surface area contributed by atoms with Crippen molar-refractivity contribution in [3.63, 3.8) is 0 Å². The molecule has 5 nitrogen and oxygen atoms in total. The van der Waals surface area contributed by atoms with Gasteiger partial charge in [0.1, 0.15) is 5.82 Å². The van der Waals surface area contributed by atoms with Crippen LogP contribution in [0.1, 0.15) is 70.2 Å². The van der Waals surface area contributed by atoms with Crippen molar-refractivity contribution in [1.29, 1.82) is 0 Å². The number of anilines is 1. The van der Waals surface area contributed by atoms with Gasteiger partial charge in [0.05, 0.1) is 5.25 Å². The summed E-state index contributed by atoms with van der Waals surface area (Å²) in [6, 6.07) is 8.07. The molecule has 2 atom stereocenters. The van der Waals surface area contributed by atoms with Gasteiger partial charge in [-0.25, -0.2) is 0 Å². The van der Waals surface area contributed by atoms with Crippen LogP contribution in [0.2, 0.25) is 0 Å². The molecule has 6 heteroatoms. The number of amides is 1. The molecule has 1 amide bonds. The summed E-state index contributed by atoms with van der Waals surface area (Å²) in [5.74, 6) is 2.05. The van der Waals surface area contributed by atoms with Gasteiger partial charge in [0.25, 0.3) is 0 Å². The maximum atomic E-state index is 12.7. The van der Waals surface area contributed by atoms with Crippen LogP contribution in [-0.2, 0) is 11.3 Å². The van der Waals surface area contributed by atoms with Crippen molar-refractivity contribution in [2.75, 3.05) is 5.32 Å². The van der Waals surface area contributed by atoms with E-state index in [9.17, 15) is 4.79 Å². The maximum Gasteiger partial charge on any atom is 0.237 e. The summed E-state index contributed by atoms with van der Waals surface area (Å²) >= 11 is 1.49. The van der Waals surface area contributed by atoms with E-state index in [0.717, 1.165) is 29.6 Å². The summed E-state index contributed by atoms with van der Waals surface area (Å²) in [5, 5.41) is 12.4. The summed E-state index contributed by atoms with van der Waals surface area (Å²) in [7, 11) is 0. The van der Waals surface area contributed by atoms with E-state index in [4.69, 9.17) is 0 Å². The molecule has 0 aliphatic heterocycles. The third-order valence-corrected chi connectivity index (χ3v) is 6.10. The van der Waals surface area contributed by atoms with E-state index in [1.807, 2.05) is 25.1 Å². The Hall–Kier alpha value is -1.82. The minimum Gasteiger partial charge on any atom is -0.325 e. The van der Waals surface area contributed by atoms with Crippen LogP contribution in [0, 0.1) is 0 Å². The van der Waals surface area contributed by atoms with Crippen LogP contribution in [0.15, 0.2) is 29.4 Å². The van der Waals surface area contributed by atoms with Crippen molar-refractivity contribution in [2.24, 2.45) is 0 Å². The topological polar surface area (TPSA) is 59.8 Å². The molecule has 3 rings (SSSR count). The first-order valence-corrected chi connectivity index (χ1v) is 10.4. The van der Waals surface area contributed by atoms with Crippen LogP contribution in [0.4, 0.5) is 5.69 Å². The molecule has 26 heavy (non-hydrogen) atoms. The van der Waals surface area contributed by atoms with Gasteiger partial charge in [0, 0.05) is 18.2 Å². The average Bonchev–Trinajstić information content (AvgIpc) is 3.42. The summed E-state index contributed by atoms with van der Waals surface area (Å²) in [6.07, 6.45) is 3.44. The van der Waals surface area contributed by atoms with Gasteiger partial charge in [-0.2, -0.15) is 0 Å². The Kier molecular flexibility index (Phi) is 6.01. The average molecular weight is 373 g/mol. The highest BCUT2D eigenvalue weighted by Crippen LogP contribution is 2.40. The Bertz CT molecular complexity index is 769. The van der Waals surface area contributed by atoms with E-state index in [-0.39, 0.29) is 11.2 Å². The lowest BCUT2D eigenvalue weighted by atomic mass is 9.97. The second kappa shape index (κ2) is 8.25. The molecule has 1 saturated carbocycles. The molecule has 1 heterocycles. The van der Waals surface area contributed by atoms with Crippen LogP contribution in [0.5, 0.6) is 0 Å². The Balaban J connectivity index is 1.69. The first-order valence-electron chi connectivity index (χ1n) is 9.54. The number of nitrogens with zero attached hydrogens (tertiary/aromatic N) is 3. The highest BCUT2D eigenvalue weighted by molar-refractivity contribution is 8.00. The minimum absolute atomic E-state index is 0.00405. The van der Waals surface area contributed by atoms with Crippen molar-refractivity contribution in [2.45, 2.75) is 75.7 Å². The van der Waals surface area contributed by atoms with Crippen molar-refractivity contribution < 1.29 is 4.79 Å². The number of carbonyl (C=O) groups is 1. The smallest absolute Gasteiger partial charge is 0.237 e. The Morgan fingerprint density at radius 1 is 1.27 bits per heavy atom. The van der Waals surface area contributed by atoms with Gasteiger partial charge in [-0.3, -0.25) is 4.79 Å². The number of nitrogens with one attached hydrogen (secondary N) is 1. The summed E-state index contributed by atoms with van der Waals surface area (Å²) in [4.78, 5) is 12.7. The largest absolute Gasteiger partial charge is 0.325 e. The number of hydrogen-bond acceptors (Lipinski definition) is 4. The fourth-order valence-electron chi connectivity index (χ4n) is 3.03. The zero-order chi connectivity index (χ0) is 18.7. The number of hydrogen-bond donors (Lipinski definition) is 1. The van der Waals surface area contributed by atoms with Gasteiger partial charge in [-0.15, -0.1) is 10.2 Å². The quantitative estimate of drug-likeness (QED) is 0.676. The molecule has 0 radical (unpaired) electrons. The Morgan fingerprint density at radius 2 is 2.00 bits per heavy atom. The number of carbonyl (C=O) groups excluding carboxylic acids is 1. The zero-order valence-corrected chi connectivity index (χ0v) is 16.8. The van der Waals surface area contributed by atoms with E-state index in [1.54, 1.807) is 0 Å². The molecule has 0 bridgehead atoms. The second-order valence-corrected chi connectivity index (χ2v) is 8.31. The number of aromatic nitrogens is 3. The highest BCUT2D eigenvalue weighted by atomic mass is 32.2. The lowest BCUT2D eigenvalue weighted by molar-refractivity contribution is -0.115. The fraction of sp³-hybridized carbons (Fsp3) is 0.550. The molecule has 1 aliphatic rings. The molecule has 0 saturated heterocycles. The SMILES string of the molecule is CCC(C)c1ccccc1NC(=O)C(C)Sc1nnc(C2CC2)n1CC. The van der Waals surface area contributed by atoms with Crippen LogP contribution in [0.25, 0.3) is 0 Å². The van der Waals surface area contributed by atoms with Crippen molar-refractivity contribution in [3.05, 3.63) is 35.7 Å². The van der Waals surface area contributed by atoms with Gasteiger partial charge in [-0.05, 0) is 50.7 Å². The Labute approximate surface area is 160 Å². The predicted octanol–water partition coefficient (Wildman–Crippen LogP) is 4.81. The second-order valence-electron chi connectivity index (χ2n) is 7.01. The molecule has 0 spiro atoms. The van der Waals surface area contributed by atoms with E-state index in [1.165, 1.54) is 30.2 Å². The standard InChI is InChI=1S/C20H28N4OS/c1-5-13(3)16-9-7-8-10-17(16)21-19(25)14(4)26-20-23-22-18(15-11-12-15)24(20)6-2/h7-10,13-15H,5-6,11-12H2,1-4H3,(H,21,25). The van der Waals surface area contributed by atoms with Crippen molar-refractivity contribution in [3.8, 4) is 0 Å². The van der Waals surface area contributed by atoms with Gasteiger partial charge in [-0.1, -0.05) is 43.8 Å². The van der Waals surface area contributed by atoms with Crippen LogP contribution < -0.4 is 5.32 Å². The first kappa shape index (κ1) is 19.0. The molecular weight excluding hydrogens is 344 g/mol. The van der Waals surface area contributed by atoms with Crippen molar-refractivity contribution in [1.82, 2.24) is 14.8 Å². The maximum absolute atomic E-state index is 12.7. The fourth-order valence-corrected chi connectivity index (χ4v) is 3.95. The molecule has 2 aromatic rings. The van der Waals surface area contributed by atoms with Gasteiger partial charge in [0.2, 0.25) is 5.91 Å². The van der Waals surface area contributed by atoms with Gasteiger partial charge >= 0.3 is 0 Å². The third-order valence-electron chi connectivity index (χ3n) is 5.02. The van der Waals surface area contributed by atoms with Crippen LogP contribution >= 0.6 is 11.8 Å². The van der Waals surface area contributed by atoms with E-state index >= 15 is 0 Å². The van der Waals surface area contributed by atoms with E-state index in [2.05, 4.69) is 46.9 Å². The molecule has 1 fully saturated rings. The monoisotopic (exact) mass is 372 g/mol. The molecule has 1 aromatic heterocycles. The zero-order valence-electron chi connectivity index (χ0n) is 16.0. The Morgan fingerprint density at radius 3 is 2.65 bits per heavy atom. The minimum atomic E-state index is -0.235. The predicted molar refractivity (Wildman–Crippen MR) is 107 cm³/mol. The normalized spacial score (nSPS) is 16.3. The van der Waals surface area contributed by atoms with Gasteiger partial charge < -0.3 is 9.88 Å². The molecule has 1 aromatic carbocycles. The van der Waals surface area contributed by atoms with Crippen LogP contribution in [-0.4, -0.2) is 25.9 Å². The van der Waals surface area contributed by atoms with E-state index in [0.29, 0.717) is 11.8 Å². The summed E-state index contributed by atoms with van der Waals surface area (Å²) in [5.41, 5.74) is 2.10. The number of benzene rings is 1. The molecular formula is C20H28N4OS. The number of para-hydroxylation sites is 1.